The van der Waals surface area contributed by atoms with Crippen molar-refractivity contribution in [2.24, 2.45) is 15.9 Å². The summed E-state index contributed by atoms with van der Waals surface area (Å²) in [5.74, 6) is 1.14. The molecule has 0 bridgehead atoms. The van der Waals surface area contributed by atoms with Gasteiger partial charge in [-0.15, -0.1) is 0 Å². The molecule has 114 valence electrons. The van der Waals surface area contributed by atoms with Gasteiger partial charge in [-0.25, -0.2) is 9.38 Å². The molecular formula is C16H23FN4. The maximum Gasteiger partial charge on any atom is 0.146 e. The molecule has 1 aliphatic carbocycles. The lowest BCUT2D eigenvalue weighted by Crippen LogP contribution is -2.52. The standard InChI is InChI=1S/C16H23FN4/c1-12(2)15-11-21(9-8-19-15)16(18-3)10-20-14-6-4-13(17)5-7-14/h4-6,10,12,15,19H,3,7-9,11H2,1-2H3/b16-10+,20-14-. The topological polar surface area (TPSA) is 40.0 Å². The number of allylic oxidation sites excluding steroid dienone is 4. The smallest absolute Gasteiger partial charge is 0.146 e. The summed E-state index contributed by atoms with van der Waals surface area (Å²) < 4.78 is 12.9. The van der Waals surface area contributed by atoms with Gasteiger partial charge in [0, 0.05) is 37.8 Å². The first kappa shape index (κ1) is 15.6. The van der Waals surface area contributed by atoms with E-state index < -0.39 is 0 Å². The number of aliphatic imine (C=N–C) groups is 2. The van der Waals surface area contributed by atoms with Crippen LogP contribution in [0.3, 0.4) is 0 Å². The molecule has 1 heterocycles. The number of halogens is 1. The molecule has 0 aromatic carbocycles. The minimum atomic E-state index is -0.207. The highest BCUT2D eigenvalue weighted by molar-refractivity contribution is 5.97. The lowest BCUT2D eigenvalue weighted by atomic mass is 10.0. The molecule has 5 heteroatoms. The molecule has 2 rings (SSSR count). The molecule has 1 saturated heterocycles. The maximum absolute atomic E-state index is 12.9. The zero-order valence-electron chi connectivity index (χ0n) is 12.7. The fourth-order valence-corrected chi connectivity index (χ4v) is 2.41. The highest BCUT2D eigenvalue weighted by atomic mass is 19.1. The van der Waals surface area contributed by atoms with Crippen molar-refractivity contribution in [1.82, 2.24) is 10.2 Å². The van der Waals surface area contributed by atoms with Crippen molar-refractivity contribution in [1.29, 1.82) is 0 Å². The van der Waals surface area contributed by atoms with E-state index in [1.165, 1.54) is 12.2 Å². The second-order valence-electron chi connectivity index (χ2n) is 5.64. The van der Waals surface area contributed by atoms with Crippen LogP contribution < -0.4 is 5.32 Å². The minimum absolute atomic E-state index is 0.207. The third kappa shape index (κ3) is 4.36. The Balaban J connectivity index is 2.05. The molecule has 21 heavy (non-hydrogen) atoms. The lowest BCUT2D eigenvalue weighted by molar-refractivity contribution is 0.212. The minimum Gasteiger partial charge on any atom is -0.353 e. The van der Waals surface area contributed by atoms with Crippen LogP contribution in [0.25, 0.3) is 0 Å². The van der Waals surface area contributed by atoms with Gasteiger partial charge in [0.1, 0.15) is 11.6 Å². The van der Waals surface area contributed by atoms with Crippen molar-refractivity contribution in [2.75, 3.05) is 19.6 Å². The van der Waals surface area contributed by atoms with Crippen LogP contribution in [0.4, 0.5) is 4.39 Å². The zero-order chi connectivity index (χ0) is 15.2. The highest BCUT2D eigenvalue weighted by Gasteiger charge is 2.22. The first-order chi connectivity index (χ1) is 10.1. The molecule has 0 aromatic heterocycles. The van der Waals surface area contributed by atoms with Gasteiger partial charge in [-0.1, -0.05) is 13.8 Å². The first-order valence-electron chi connectivity index (χ1n) is 7.36. The Hall–Kier alpha value is -1.75. The van der Waals surface area contributed by atoms with Crippen molar-refractivity contribution in [3.8, 4) is 0 Å². The molecule has 0 radical (unpaired) electrons. The summed E-state index contributed by atoms with van der Waals surface area (Å²) in [6.07, 6.45) is 6.89. The fourth-order valence-electron chi connectivity index (χ4n) is 2.41. The summed E-state index contributed by atoms with van der Waals surface area (Å²) in [5, 5.41) is 3.51. The number of nitrogens with zero attached hydrogens (tertiary/aromatic N) is 3. The largest absolute Gasteiger partial charge is 0.353 e. The Kier molecular flexibility index (Phi) is 5.44. The normalized spacial score (nSPS) is 25.4. The van der Waals surface area contributed by atoms with Crippen molar-refractivity contribution in [2.45, 2.75) is 26.3 Å². The van der Waals surface area contributed by atoms with Gasteiger partial charge in [0.15, 0.2) is 0 Å². The molecule has 1 fully saturated rings. The van der Waals surface area contributed by atoms with E-state index in [9.17, 15) is 4.39 Å². The summed E-state index contributed by atoms with van der Waals surface area (Å²) in [5.41, 5.74) is 0.827. The van der Waals surface area contributed by atoms with Gasteiger partial charge >= 0.3 is 0 Å². The van der Waals surface area contributed by atoms with E-state index in [4.69, 9.17) is 0 Å². The van der Waals surface area contributed by atoms with Crippen LogP contribution in [0.2, 0.25) is 0 Å². The third-order valence-electron chi connectivity index (χ3n) is 3.78. The van der Waals surface area contributed by atoms with E-state index in [1.807, 2.05) is 0 Å². The van der Waals surface area contributed by atoms with Crippen LogP contribution in [0.5, 0.6) is 0 Å². The maximum atomic E-state index is 12.9. The van der Waals surface area contributed by atoms with E-state index in [0.29, 0.717) is 18.4 Å². The van der Waals surface area contributed by atoms with Crippen LogP contribution in [-0.4, -0.2) is 43.0 Å². The molecular weight excluding hydrogens is 267 g/mol. The van der Waals surface area contributed by atoms with Crippen molar-refractivity contribution < 1.29 is 4.39 Å². The molecule has 4 nitrogen and oxygen atoms in total. The summed E-state index contributed by atoms with van der Waals surface area (Å²) >= 11 is 0. The average Bonchev–Trinajstić information content (AvgIpc) is 2.50. The Morgan fingerprint density at radius 2 is 2.33 bits per heavy atom. The fraction of sp³-hybridized carbons (Fsp3) is 0.500. The van der Waals surface area contributed by atoms with E-state index in [0.717, 1.165) is 31.2 Å². The lowest BCUT2D eigenvalue weighted by Gasteiger charge is -2.36. The average molecular weight is 290 g/mol. The van der Waals surface area contributed by atoms with Gasteiger partial charge in [0.25, 0.3) is 0 Å². The van der Waals surface area contributed by atoms with Crippen LogP contribution >= 0.6 is 0 Å². The Morgan fingerprint density at radius 3 is 2.95 bits per heavy atom. The SMILES string of the molecule is C=N/C(=C\N=C1\C=CC(F)=CC1)N1CCNC(C(C)C)C1. The molecule has 1 N–H and O–H groups in total. The van der Waals surface area contributed by atoms with E-state index >= 15 is 0 Å². The summed E-state index contributed by atoms with van der Waals surface area (Å²) in [6, 6.07) is 0.447. The number of rotatable bonds is 4. The molecule has 0 spiro atoms. The second kappa shape index (κ2) is 7.31. The van der Waals surface area contributed by atoms with Gasteiger partial charge in [0.2, 0.25) is 0 Å². The molecule has 2 aliphatic rings. The summed E-state index contributed by atoms with van der Waals surface area (Å²) in [7, 11) is 0. The predicted octanol–water partition coefficient (Wildman–Crippen LogP) is 2.67. The molecule has 0 saturated carbocycles. The monoisotopic (exact) mass is 290 g/mol. The third-order valence-corrected chi connectivity index (χ3v) is 3.78. The number of hydrogen-bond donors (Lipinski definition) is 1. The molecule has 0 aromatic rings. The Labute approximate surface area is 125 Å². The van der Waals surface area contributed by atoms with Crippen LogP contribution in [0.1, 0.15) is 20.3 Å². The predicted molar refractivity (Wildman–Crippen MR) is 86.2 cm³/mol. The van der Waals surface area contributed by atoms with E-state index in [2.05, 4.69) is 40.8 Å². The second-order valence-corrected chi connectivity index (χ2v) is 5.64. The number of nitrogens with one attached hydrogen (secondary N) is 1. The van der Waals surface area contributed by atoms with Gasteiger partial charge in [0.05, 0.1) is 6.20 Å². The number of hydrogen-bond acceptors (Lipinski definition) is 4. The van der Waals surface area contributed by atoms with E-state index in [-0.39, 0.29) is 5.83 Å². The summed E-state index contributed by atoms with van der Waals surface area (Å²) in [4.78, 5) is 10.7. The van der Waals surface area contributed by atoms with Gasteiger partial charge in [-0.05, 0) is 30.9 Å². The highest BCUT2D eigenvalue weighted by Crippen LogP contribution is 2.15. The van der Waals surface area contributed by atoms with Crippen molar-refractivity contribution in [3.05, 3.63) is 36.1 Å². The molecule has 0 amide bonds. The Morgan fingerprint density at radius 1 is 1.52 bits per heavy atom. The molecule has 1 unspecified atom stereocenters. The molecule has 1 atom stereocenters. The van der Waals surface area contributed by atoms with Gasteiger partial charge in [-0.3, -0.25) is 4.99 Å². The number of piperazine rings is 1. The Bertz CT molecular complexity index is 502. The molecule has 1 aliphatic heterocycles. The summed E-state index contributed by atoms with van der Waals surface area (Å²) in [6.45, 7) is 10.8. The van der Waals surface area contributed by atoms with Gasteiger partial charge < -0.3 is 10.2 Å². The quantitative estimate of drug-likeness (QED) is 0.809. The van der Waals surface area contributed by atoms with Gasteiger partial charge in [-0.2, -0.15) is 0 Å². The van der Waals surface area contributed by atoms with Crippen molar-refractivity contribution in [3.63, 3.8) is 0 Å². The van der Waals surface area contributed by atoms with Crippen LogP contribution in [0, 0.1) is 5.92 Å². The van der Waals surface area contributed by atoms with E-state index in [1.54, 1.807) is 12.3 Å². The van der Waals surface area contributed by atoms with Crippen LogP contribution in [-0.2, 0) is 0 Å². The van der Waals surface area contributed by atoms with Crippen molar-refractivity contribution >= 4 is 12.4 Å². The van der Waals surface area contributed by atoms with Crippen LogP contribution in [0.15, 0.2) is 46.1 Å². The first-order valence-corrected chi connectivity index (χ1v) is 7.36. The zero-order valence-corrected chi connectivity index (χ0v) is 12.7.